The second kappa shape index (κ2) is 7.87. The molecule has 1 saturated heterocycles. The van der Waals surface area contributed by atoms with Crippen molar-refractivity contribution in [3.8, 4) is 11.5 Å². The van der Waals surface area contributed by atoms with E-state index in [1.165, 1.54) is 25.0 Å². The lowest BCUT2D eigenvalue weighted by molar-refractivity contribution is 0.0639. The van der Waals surface area contributed by atoms with Crippen LogP contribution in [0.5, 0.6) is 0 Å². The Morgan fingerprint density at radius 1 is 1.19 bits per heavy atom. The molecule has 0 spiro atoms. The summed E-state index contributed by atoms with van der Waals surface area (Å²) in [6, 6.07) is 9.84. The summed E-state index contributed by atoms with van der Waals surface area (Å²) in [4.78, 5) is 23.9. The number of hydrogen-bond donors (Lipinski definition) is 0. The first-order valence-corrected chi connectivity index (χ1v) is 10.9. The topological polar surface area (TPSA) is 72.1 Å². The van der Waals surface area contributed by atoms with E-state index in [9.17, 15) is 9.18 Å². The number of rotatable bonds is 5. The number of aromatic nitrogens is 3. The maximum absolute atomic E-state index is 13.3. The average Bonchev–Trinajstić information content (AvgIpc) is 3.45. The number of piperidine rings is 1. The number of amides is 1. The Hall–Kier alpha value is -3.09. The fourth-order valence-corrected chi connectivity index (χ4v) is 4.54. The maximum atomic E-state index is 13.3. The zero-order valence-corrected chi connectivity index (χ0v) is 17.6. The quantitative estimate of drug-likeness (QED) is 0.605. The molecule has 3 aromatic rings. The molecule has 1 aliphatic carbocycles. The Morgan fingerprint density at radius 2 is 1.94 bits per heavy atom. The largest absolute Gasteiger partial charge is 0.337 e. The third-order valence-corrected chi connectivity index (χ3v) is 6.59. The Labute approximate surface area is 180 Å². The summed E-state index contributed by atoms with van der Waals surface area (Å²) in [6.07, 6.45) is 6.74. The van der Waals surface area contributed by atoms with E-state index in [1.807, 2.05) is 24.0 Å². The summed E-state index contributed by atoms with van der Waals surface area (Å²) >= 11 is 0. The molecule has 2 aromatic heterocycles. The molecule has 1 saturated carbocycles. The molecular formula is C24H25FN4O2. The molecule has 31 heavy (non-hydrogen) atoms. The van der Waals surface area contributed by atoms with E-state index < -0.39 is 0 Å². The van der Waals surface area contributed by atoms with Crippen LogP contribution in [0.25, 0.3) is 11.5 Å². The smallest absolute Gasteiger partial charge is 0.272 e. The SMILES string of the molecule is Cc1cccnc1C(=O)N1CCC(CC2CC2)(c2noc(-c3ccc(F)cc3)n2)CC1. The van der Waals surface area contributed by atoms with Gasteiger partial charge < -0.3 is 9.42 Å². The highest BCUT2D eigenvalue weighted by molar-refractivity contribution is 5.93. The lowest BCUT2D eigenvalue weighted by Crippen LogP contribution is -2.46. The van der Waals surface area contributed by atoms with Crippen molar-refractivity contribution in [2.24, 2.45) is 5.92 Å². The number of pyridine rings is 1. The molecule has 0 unspecified atom stereocenters. The molecule has 1 aromatic carbocycles. The van der Waals surface area contributed by atoms with Gasteiger partial charge in [0.1, 0.15) is 11.5 Å². The molecule has 0 radical (unpaired) electrons. The van der Waals surface area contributed by atoms with Crippen LogP contribution in [0.4, 0.5) is 4.39 Å². The van der Waals surface area contributed by atoms with Crippen LogP contribution in [0.15, 0.2) is 47.1 Å². The summed E-state index contributed by atoms with van der Waals surface area (Å²) in [5, 5.41) is 4.34. The molecule has 6 nitrogen and oxygen atoms in total. The first-order chi connectivity index (χ1) is 15.0. The molecule has 3 heterocycles. The van der Waals surface area contributed by atoms with Crippen LogP contribution in [0, 0.1) is 18.7 Å². The molecule has 1 aliphatic heterocycles. The highest BCUT2D eigenvalue weighted by atomic mass is 19.1. The molecule has 2 fully saturated rings. The number of carbonyl (C=O) groups is 1. The molecule has 0 bridgehead atoms. The van der Waals surface area contributed by atoms with Gasteiger partial charge in [0.15, 0.2) is 5.82 Å². The third kappa shape index (κ3) is 3.96. The van der Waals surface area contributed by atoms with Gasteiger partial charge in [-0.15, -0.1) is 0 Å². The van der Waals surface area contributed by atoms with Gasteiger partial charge in [0.25, 0.3) is 11.8 Å². The fourth-order valence-electron chi connectivity index (χ4n) is 4.54. The van der Waals surface area contributed by atoms with Gasteiger partial charge in [-0.3, -0.25) is 9.78 Å². The van der Waals surface area contributed by atoms with Crippen molar-refractivity contribution in [2.75, 3.05) is 13.1 Å². The van der Waals surface area contributed by atoms with Gasteiger partial charge in [-0.25, -0.2) is 4.39 Å². The monoisotopic (exact) mass is 420 g/mol. The van der Waals surface area contributed by atoms with E-state index >= 15 is 0 Å². The number of aryl methyl sites for hydroxylation is 1. The van der Waals surface area contributed by atoms with Crippen LogP contribution in [-0.4, -0.2) is 39.0 Å². The van der Waals surface area contributed by atoms with Crippen molar-refractivity contribution in [3.05, 3.63) is 65.5 Å². The number of hydrogen-bond acceptors (Lipinski definition) is 5. The Balaban J connectivity index is 1.37. The van der Waals surface area contributed by atoms with Gasteiger partial charge in [-0.05, 0) is 68.0 Å². The first kappa shape index (κ1) is 19.8. The van der Waals surface area contributed by atoms with Crippen LogP contribution in [-0.2, 0) is 5.41 Å². The second-order valence-electron chi connectivity index (χ2n) is 8.82. The van der Waals surface area contributed by atoms with Crippen LogP contribution in [0.2, 0.25) is 0 Å². The number of carbonyl (C=O) groups excluding carboxylic acids is 1. The van der Waals surface area contributed by atoms with Gasteiger partial charge >= 0.3 is 0 Å². The molecule has 5 rings (SSSR count). The molecule has 1 amide bonds. The molecule has 0 atom stereocenters. The van der Waals surface area contributed by atoms with Gasteiger partial charge in [0.05, 0.1) is 0 Å². The molecule has 160 valence electrons. The second-order valence-corrected chi connectivity index (χ2v) is 8.82. The fraction of sp³-hybridized carbons (Fsp3) is 0.417. The van der Waals surface area contributed by atoms with Gasteiger partial charge in [0.2, 0.25) is 0 Å². The van der Waals surface area contributed by atoms with Gasteiger partial charge in [-0.2, -0.15) is 4.98 Å². The zero-order valence-electron chi connectivity index (χ0n) is 17.6. The van der Waals surface area contributed by atoms with Gasteiger partial charge in [-0.1, -0.05) is 24.1 Å². The number of halogens is 1. The van der Waals surface area contributed by atoms with E-state index in [2.05, 4.69) is 10.1 Å². The molecule has 0 N–H and O–H groups in total. The molecule has 2 aliphatic rings. The zero-order chi connectivity index (χ0) is 21.4. The number of likely N-dealkylation sites (tertiary alicyclic amines) is 1. The Kier molecular flexibility index (Phi) is 5.04. The summed E-state index contributed by atoms with van der Waals surface area (Å²) in [7, 11) is 0. The van der Waals surface area contributed by atoms with Crippen molar-refractivity contribution in [1.82, 2.24) is 20.0 Å². The number of nitrogens with zero attached hydrogens (tertiary/aromatic N) is 4. The predicted molar refractivity (Wildman–Crippen MR) is 113 cm³/mol. The van der Waals surface area contributed by atoms with Crippen molar-refractivity contribution >= 4 is 5.91 Å². The summed E-state index contributed by atoms with van der Waals surface area (Å²) < 4.78 is 18.8. The van der Waals surface area contributed by atoms with E-state index in [0.29, 0.717) is 42.0 Å². The van der Waals surface area contributed by atoms with Crippen molar-refractivity contribution in [2.45, 2.75) is 44.4 Å². The first-order valence-electron chi connectivity index (χ1n) is 10.9. The number of benzene rings is 1. The Bertz CT molecular complexity index is 1080. The van der Waals surface area contributed by atoms with E-state index in [0.717, 1.165) is 24.8 Å². The van der Waals surface area contributed by atoms with E-state index in [1.54, 1.807) is 18.3 Å². The van der Waals surface area contributed by atoms with E-state index in [-0.39, 0.29) is 17.1 Å². The van der Waals surface area contributed by atoms with Crippen molar-refractivity contribution in [3.63, 3.8) is 0 Å². The standard InChI is InChI=1S/C24H25FN4O2/c1-16-3-2-12-26-20(16)22(30)29-13-10-24(11-14-29,15-17-4-5-17)23-27-21(31-28-23)18-6-8-19(25)9-7-18/h2-3,6-9,12,17H,4-5,10-11,13-15H2,1H3. The molecule has 7 heteroatoms. The minimum atomic E-state index is -0.297. The highest BCUT2D eigenvalue weighted by Gasteiger charge is 2.45. The summed E-state index contributed by atoms with van der Waals surface area (Å²) in [5.41, 5.74) is 1.93. The van der Waals surface area contributed by atoms with Crippen LogP contribution >= 0.6 is 0 Å². The van der Waals surface area contributed by atoms with Gasteiger partial charge in [0, 0.05) is 30.3 Å². The average molecular weight is 420 g/mol. The summed E-state index contributed by atoms with van der Waals surface area (Å²) in [5.74, 6) is 1.49. The Morgan fingerprint density at radius 3 is 2.61 bits per heavy atom. The minimum Gasteiger partial charge on any atom is -0.337 e. The van der Waals surface area contributed by atoms with Crippen LogP contribution < -0.4 is 0 Å². The summed E-state index contributed by atoms with van der Waals surface area (Å²) in [6.45, 7) is 3.20. The normalized spacial score (nSPS) is 18.2. The molecular weight excluding hydrogens is 395 g/mol. The minimum absolute atomic E-state index is 0.0155. The van der Waals surface area contributed by atoms with Crippen molar-refractivity contribution < 1.29 is 13.7 Å². The van der Waals surface area contributed by atoms with Crippen LogP contribution in [0.1, 0.15) is 54.0 Å². The highest BCUT2D eigenvalue weighted by Crippen LogP contribution is 2.47. The third-order valence-electron chi connectivity index (χ3n) is 6.59. The van der Waals surface area contributed by atoms with E-state index in [4.69, 9.17) is 9.51 Å². The van der Waals surface area contributed by atoms with Crippen LogP contribution in [0.3, 0.4) is 0 Å². The lowest BCUT2D eigenvalue weighted by Gasteiger charge is -2.40. The predicted octanol–water partition coefficient (Wildman–Crippen LogP) is 4.55. The maximum Gasteiger partial charge on any atom is 0.272 e. The van der Waals surface area contributed by atoms with Crippen molar-refractivity contribution in [1.29, 1.82) is 0 Å². The lowest BCUT2D eigenvalue weighted by atomic mass is 9.73.